The van der Waals surface area contributed by atoms with Gasteiger partial charge in [-0.2, -0.15) is 13.2 Å². The molecule has 1 aliphatic heterocycles. The molecule has 0 fully saturated rings. The van der Waals surface area contributed by atoms with Crippen LogP contribution in [0.4, 0.5) is 13.2 Å². The predicted molar refractivity (Wildman–Crippen MR) is 97.2 cm³/mol. The van der Waals surface area contributed by atoms with E-state index in [2.05, 4.69) is 6.08 Å². The number of nitrogens with zero attached hydrogens (tertiary/aromatic N) is 1. The average Bonchev–Trinajstić information content (AvgIpc) is 2.52. The van der Waals surface area contributed by atoms with Crippen molar-refractivity contribution in [2.75, 3.05) is 20.1 Å². The molecule has 142 valence electrons. The Hall–Kier alpha value is -2.21. The van der Waals surface area contributed by atoms with Crippen molar-refractivity contribution in [2.45, 2.75) is 32.5 Å². The minimum atomic E-state index is -4.48. The molecule has 2 unspecified atom stereocenters. The first-order chi connectivity index (χ1) is 12.0. The Morgan fingerprint density at radius 1 is 1.38 bits per heavy atom. The standard InChI is InChI=1S/C20H25F3N2O/c1-14-7-5-4-6-11-25(3,12-10-15(2)24)19(14)17-9-8-16(13-18(17)26)20(21,22)23/h4-5,7-10,13,19H,6,11-12,24H2,1-3H3/p+1/b5-4-,14-7+,15-10+. The third-order valence-electron chi connectivity index (χ3n) is 4.84. The molecule has 2 atom stereocenters. The smallest absolute Gasteiger partial charge is 0.416 e. The largest absolute Gasteiger partial charge is 0.507 e. The number of allylic oxidation sites excluding steroid dienone is 3. The summed E-state index contributed by atoms with van der Waals surface area (Å²) in [5.41, 5.74) is 7.11. The lowest BCUT2D eigenvalue weighted by atomic mass is 9.92. The van der Waals surface area contributed by atoms with Crippen molar-refractivity contribution in [3.05, 3.63) is 64.9 Å². The fourth-order valence-electron chi connectivity index (χ4n) is 3.48. The van der Waals surface area contributed by atoms with E-state index in [1.165, 1.54) is 6.07 Å². The molecular weight excluding hydrogens is 341 g/mol. The zero-order valence-electron chi connectivity index (χ0n) is 15.3. The molecule has 1 aliphatic rings. The second kappa shape index (κ2) is 7.58. The van der Waals surface area contributed by atoms with Gasteiger partial charge in [0.25, 0.3) is 0 Å². The third-order valence-corrected chi connectivity index (χ3v) is 4.84. The van der Waals surface area contributed by atoms with Crippen molar-refractivity contribution in [1.29, 1.82) is 0 Å². The van der Waals surface area contributed by atoms with Crippen LogP contribution in [-0.4, -0.2) is 29.7 Å². The van der Waals surface area contributed by atoms with E-state index in [9.17, 15) is 18.3 Å². The Kier molecular flexibility index (Phi) is 5.86. The maximum Gasteiger partial charge on any atom is 0.416 e. The SMILES string of the molecule is C/C(N)=C\C[N+]1(C)CC/C=C\C=C(/C)C1c1ccc(C(F)(F)F)cc1O. The zero-order valence-corrected chi connectivity index (χ0v) is 15.3. The number of benzene rings is 1. The minimum Gasteiger partial charge on any atom is -0.507 e. The number of nitrogens with two attached hydrogens (primary N) is 1. The van der Waals surface area contributed by atoms with Crippen LogP contribution in [0.15, 0.2) is 53.8 Å². The molecule has 26 heavy (non-hydrogen) atoms. The predicted octanol–water partition coefficient (Wildman–Crippen LogP) is 4.67. The third kappa shape index (κ3) is 4.49. The summed E-state index contributed by atoms with van der Waals surface area (Å²) in [5, 5.41) is 10.4. The minimum absolute atomic E-state index is 0.266. The van der Waals surface area contributed by atoms with Crippen LogP contribution in [0, 0.1) is 0 Å². The highest BCUT2D eigenvalue weighted by Gasteiger charge is 2.38. The van der Waals surface area contributed by atoms with E-state index in [4.69, 9.17) is 5.73 Å². The molecule has 0 aliphatic carbocycles. The van der Waals surface area contributed by atoms with Gasteiger partial charge in [-0.3, -0.25) is 0 Å². The van der Waals surface area contributed by atoms with Crippen LogP contribution >= 0.6 is 0 Å². The maximum atomic E-state index is 12.9. The molecule has 3 nitrogen and oxygen atoms in total. The van der Waals surface area contributed by atoms with E-state index >= 15 is 0 Å². The van der Waals surface area contributed by atoms with Crippen molar-refractivity contribution in [1.82, 2.24) is 0 Å². The lowest BCUT2D eigenvalue weighted by Gasteiger charge is -2.42. The number of likely N-dealkylation sites (N-methyl/N-ethyl adjacent to an activating group) is 1. The quantitative estimate of drug-likeness (QED) is 0.763. The Morgan fingerprint density at radius 3 is 2.65 bits per heavy atom. The van der Waals surface area contributed by atoms with Gasteiger partial charge in [0.15, 0.2) is 0 Å². The van der Waals surface area contributed by atoms with E-state index in [0.717, 1.165) is 30.7 Å². The van der Waals surface area contributed by atoms with Crippen LogP contribution in [-0.2, 0) is 6.18 Å². The number of phenols is 1. The Morgan fingerprint density at radius 2 is 2.08 bits per heavy atom. The van der Waals surface area contributed by atoms with Crippen LogP contribution in [0.1, 0.15) is 37.4 Å². The average molecular weight is 367 g/mol. The second-order valence-corrected chi connectivity index (χ2v) is 7.14. The molecule has 0 bridgehead atoms. The summed E-state index contributed by atoms with van der Waals surface area (Å²) in [6.07, 6.45) is 4.25. The highest BCUT2D eigenvalue weighted by atomic mass is 19.4. The molecular formula is C20H26F3N2O+. The zero-order chi connectivity index (χ0) is 19.5. The van der Waals surface area contributed by atoms with Gasteiger partial charge in [0, 0.05) is 12.1 Å². The molecule has 0 amide bonds. The number of alkyl halides is 3. The molecule has 2 rings (SSSR count). The molecule has 6 heteroatoms. The van der Waals surface area contributed by atoms with Crippen LogP contribution in [0.3, 0.4) is 0 Å². The summed E-state index contributed by atoms with van der Waals surface area (Å²) in [6.45, 7) is 5.14. The fraction of sp³-hybridized carbons (Fsp3) is 0.400. The highest BCUT2D eigenvalue weighted by molar-refractivity contribution is 5.42. The van der Waals surface area contributed by atoms with Crippen LogP contribution < -0.4 is 5.73 Å². The molecule has 3 N–H and O–H groups in total. The van der Waals surface area contributed by atoms with E-state index in [1.807, 2.05) is 39.1 Å². The number of halogens is 3. The van der Waals surface area contributed by atoms with Crippen molar-refractivity contribution in [3.63, 3.8) is 0 Å². The molecule has 1 aromatic carbocycles. The molecule has 1 heterocycles. The Bertz CT molecular complexity index is 746. The van der Waals surface area contributed by atoms with Crippen LogP contribution in [0.5, 0.6) is 5.75 Å². The summed E-state index contributed by atoms with van der Waals surface area (Å²) in [4.78, 5) is 0. The molecule has 0 saturated heterocycles. The summed E-state index contributed by atoms with van der Waals surface area (Å²) < 4.78 is 39.3. The molecule has 0 saturated carbocycles. The number of aromatic hydroxyl groups is 1. The van der Waals surface area contributed by atoms with E-state index in [1.54, 1.807) is 0 Å². The highest BCUT2D eigenvalue weighted by Crippen LogP contribution is 2.41. The Balaban J connectivity index is 2.57. The van der Waals surface area contributed by atoms with Gasteiger partial charge >= 0.3 is 6.18 Å². The topological polar surface area (TPSA) is 46.2 Å². The summed E-state index contributed by atoms with van der Waals surface area (Å²) in [6, 6.07) is 2.97. The fourth-order valence-corrected chi connectivity index (χ4v) is 3.48. The molecule has 0 radical (unpaired) electrons. The number of rotatable bonds is 3. The first kappa shape index (κ1) is 20.1. The van der Waals surface area contributed by atoms with Gasteiger partial charge in [-0.05, 0) is 43.7 Å². The van der Waals surface area contributed by atoms with Gasteiger partial charge in [0.2, 0.25) is 0 Å². The molecule has 0 aromatic heterocycles. The van der Waals surface area contributed by atoms with Crippen molar-refractivity contribution < 1.29 is 22.8 Å². The maximum absolute atomic E-state index is 12.9. The van der Waals surface area contributed by atoms with Gasteiger partial charge < -0.3 is 15.3 Å². The van der Waals surface area contributed by atoms with Crippen molar-refractivity contribution in [3.8, 4) is 5.75 Å². The first-order valence-corrected chi connectivity index (χ1v) is 8.54. The van der Waals surface area contributed by atoms with Gasteiger partial charge in [0.1, 0.15) is 11.8 Å². The Labute approximate surface area is 152 Å². The van der Waals surface area contributed by atoms with E-state index < -0.39 is 11.7 Å². The van der Waals surface area contributed by atoms with Crippen LogP contribution in [0.25, 0.3) is 0 Å². The van der Waals surface area contributed by atoms with Crippen molar-refractivity contribution >= 4 is 0 Å². The summed E-state index contributed by atoms with van der Waals surface area (Å²) in [5.74, 6) is -0.333. The van der Waals surface area contributed by atoms with Crippen molar-refractivity contribution in [2.24, 2.45) is 5.73 Å². The number of quaternary nitrogens is 1. The lowest BCUT2D eigenvalue weighted by Crippen LogP contribution is -2.48. The van der Waals surface area contributed by atoms with Gasteiger partial charge in [-0.25, -0.2) is 0 Å². The number of hydrogen-bond acceptors (Lipinski definition) is 2. The van der Waals surface area contributed by atoms with E-state index in [0.29, 0.717) is 22.3 Å². The second-order valence-electron chi connectivity index (χ2n) is 7.14. The summed E-state index contributed by atoms with van der Waals surface area (Å²) in [7, 11) is 2.04. The molecule has 1 aromatic rings. The van der Waals surface area contributed by atoms with Crippen LogP contribution in [0.2, 0.25) is 0 Å². The molecule has 0 spiro atoms. The monoisotopic (exact) mass is 367 g/mol. The van der Waals surface area contributed by atoms with Gasteiger partial charge in [-0.1, -0.05) is 18.2 Å². The van der Waals surface area contributed by atoms with E-state index in [-0.39, 0.29) is 11.8 Å². The first-order valence-electron chi connectivity index (χ1n) is 8.54. The summed E-state index contributed by atoms with van der Waals surface area (Å²) >= 11 is 0. The van der Waals surface area contributed by atoms with Gasteiger partial charge in [-0.15, -0.1) is 0 Å². The normalized spacial score (nSPS) is 28.0. The number of phenolic OH excluding ortho intramolecular Hbond substituents is 1. The van der Waals surface area contributed by atoms with Gasteiger partial charge in [0.05, 0.1) is 31.3 Å². The lowest BCUT2D eigenvalue weighted by molar-refractivity contribution is -0.928. The number of hydrogen-bond donors (Lipinski definition) is 2.